The number of hydrogen-bond donors (Lipinski definition) is 4. The number of nitrogens with two attached hydrogens (primary N) is 1. The van der Waals surface area contributed by atoms with Crippen LogP contribution >= 0.6 is 0 Å². The summed E-state index contributed by atoms with van der Waals surface area (Å²) in [6.45, 7) is 9.49. The highest BCUT2D eigenvalue weighted by Gasteiger charge is 2.38. The summed E-state index contributed by atoms with van der Waals surface area (Å²) in [6, 6.07) is 1.32. The van der Waals surface area contributed by atoms with Gasteiger partial charge in [0, 0.05) is 12.5 Å². The van der Waals surface area contributed by atoms with Crippen LogP contribution in [0.5, 0.6) is 5.75 Å². The third-order valence-electron chi connectivity index (χ3n) is 5.18. The molecular formula is C25H38N4O8. The number of carbonyl (C=O) groups is 5. The fourth-order valence-electron chi connectivity index (χ4n) is 3.47. The molecule has 2 unspecified atom stereocenters. The molecule has 0 saturated heterocycles. The van der Waals surface area contributed by atoms with Crippen LogP contribution in [-0.4, -0.2) is 71.1 Å². The molecule has 0 fully saturated rings. The van der Waals surface area contributed by atoms with Crippen LogP contribution in [0.3, 0.4) is 0 Å². The van der Waals surface area contributed by atoms with Crippen molar-refractivity contribution in [2.45, 2.75) is 78.1 Å². The summed E-state index contributed by atoms with van der Waals surface area (Å²) in [5.74, 6) is -2.75. The van der Waals surface area contributed by atoms with Crippen molar-refractivity contribution in [2.75, 3.05) is 13.7 Å². The molecule has 12 heteroatoms. The van der Waals surface area contributed by atoms with E-state index in [4.69, 9.17) is 10.5 Å². The predicted octanol–water partition coefficient (Wildman–Crippen LogP) is 1.43. The van der Waals surface area contributed by atoms with Crippen molar-refractivity contribution in [3.63, 3.8) is 0 Å². The second-order valence-corrected chi connectivity index (χ2v) is 9.79. The highest BCUT2D eigenvalue weighted by Crippen LogP contribution is 2.29. The van der Waals surface area contributed by atoms with Crippen LogP contribution in [-0.2, 0) is 28.7 Å². The second-order valence-electron chi connectivity index (χ2n) is 9.79. The Morgan fingerprint density at radius 3 is 2.24 bits per heavy atom. The molecule has 2 atom stereocenters. The molecular weight excluding hydrogens is 484 g/mol. The van der Waals surface area contributed by atoms with Gasteiger partial charge in [-0.15, -0.1) is 0 Å². The fourth-order valence-corrected chi connectivity index (χ4v) is 3.47. The number of aromatic hydroxyl groups is 1. The van der Waals surface area contributed by atoms with Crippen molar-refractivity contribution in [1.82, 2.24) is 15.5 Å². The number of methoxy groups -OCH3 is 1. The summed E-state index contributed by atoms with van der Waals surface area (Å²) in [6.07, 6.45) is -1.23. The lowest BCUT2D eigenvalue weighted by Crippen LogP contribution is -2.55. The van der Waals surface area contributed by atoms with Gasteiger partial charge in [0.25, 0.3) is 0 Å². The molecule has 12 nitrogen and oxygen atoms in total. The fraction of sp³-hybridized carbons (Fsp3) is 0.560. The Hall–Kier alpha value is -3.83. The van der Waals surface area contributed by atoms with Gasteiger partial charge in [0.2, 0.25) is 17.7 Å². The second kappa shape index (κ2) is 13.5. The zero-order valence-electron chi connectivity index (χ0n) is 22.4. The average molecular weight is 523 g/mol. The van der Waals surface area contributed by atoms with E-state index < -0.39 is 60.1 Å². The standard InChI is InChI=1S/C25H38N4O8/c1-14(2)29(23(34)17(9-11-19(26)31)28-24(35)37-25(4,5)6)21(22(33)27-13-20(32)36-7)16-8-10-18(30)15(3)12-16/h8,10,12,14,17,21,30H,9,11,13H2,1-7H3,(H2,26,31)(H,27,33)(H,28,35). The van der Waals surface area contributed by atoms with E-state index in [1.54, 1.807) is 47.6 Å². The Morgan fingerprint density at radius 1 is 1.14 bits per heavy atom. The number of phenols is 1. The summed E-state index contributed by atoms with van der Waals surface area (Å²) < 4.78 is 9.85. The van der Waals surface area contributed by atoms with Crippen molar-refractivity contribution >= 4 is 29.8 Å². The molecule has 5 N–H and O–H groups in total. The summed E-state index contributed by atoms with van der Waals surface area (Å²) in [7, 11) is 1.17. The van der Waals surface area contributed by atoms with Crippen molar-refractivity contribution in [1.29, 1.82) is 0 Å². The smallest absolute Gasteiger partial charge is 0.408 e. The van der Waals surface area contributed by atoms with E-state index >= 15 is 0 Å². The number of nitrogens with zero attached hydrogens (tertiary/aromatic N) is 1. The number of alkyl carbamates (subject to hydrolysis) is 1. The zero-order chi connectivity index (χ0) is 28.5. The number of primary amides is 1. The zero-order valence-corrected chi connectivity index (χ0v) is 22.4. The number of aryl methyl sites for hydroxylation is 1. The molecule has 0 aliphatic heterocycles. The molecule has 4 amide bonds. The van der Waals surface area contributed by atoms with E-state index in [1.807, 2.05) is 0 Å². The lowest BCUT2D eigenvalue weighted by atomic mass is 9.98. The summed E-state index contributed by atoms with van der Waals surface area (Å²) >= 11 is 0. The molecule has 0 heterocycles. The first kappa shape index (κ1) is 31.2. The van der Waals surface area contributed by atoms with Crippen LogP contribution in [0.15, 0.2) is 18.2 Å². The predicted molar refractivity (Wildman–Crippen MR) is 134 cm³/mol. The highest BCUT2D eigenvalue weighted by atomic mass is 16.6. The van der Waals surface area contributed by atoms with E-state index in [2.05, 4.69) is 15.4 Å². The summed E-state index contributed by atoms with van der Waals surface area (Å²) in [5, 5.41) is 14.9. The molecule has 0 radical (unpaired) electrons. The lowest BCUT2D eigenvalue weighted by Gasteiger charge is -2.37. The molecule has 37 heavy (non-hydrogen) atoms. The van der Waals surface area contributed by atoms with Gasteiger partial charge >= 0.3 is 12.1 Å². The van der Waals surface area contributed by atoms with Gasteiger partial charge in [-0.2, -0.15) is 0 Å². The third-order valence-corrected chi connectivity index (χ3v) is 5.18. The van der Waals surface area contributed by atoms with E-state index in [0.29, 0.717) is 11.1 Å². The van der Waals surface area contributed by atoms with E-state index in [0.717, 1.165) is 0 Å². The molecule has 0 aliphatic rings. The number of rotatable bonds is 11. The lowest BCUT2D eigenvalue weighted by molar-refractivity contribution is -0.146. The number of hydrogen-bond acceptors (Lipinski definition) is 8. The van der Waals surface area contributed by atoms with Crippen LogP contribution in [0.1, 0.15) is 64.6 Å². The van der Waals surface area contributed by atoms with Crippen molar-refractivity contribution in [3.8, 4) is 5.75 Å². The van der Waals surface area contributed by atoms with Gasteiger partial charge in [-0.25, -0.2) is 4.79 Å². The number of nitrogens with one attached hydrogen (secondary N) is 2. The number of amides is 4. The number of benzene rings is 1. The Balaban J connectivity index is 3.51. The number of ether oxygens (including phenoxy) is 2. The maximum atomic E-state index is 13.8. The largest absolute Gasteiger partial charge is 0.508 e. The summed E-state index contributed by atoms with van der Waals surface area (Å²) in [4.78, 5) is 64.1. The summed E-state index contributed by atoms with van der Waals surface area (Å²) in [5.41, 5.74) is 5.24. The van der Waals surface area contributed by atoms with Gasteiger partial charge in [-0.05, 0) is 71.2 Å². The normalized spacial score (nSPS) is 12.8. The molecule has 1 aromatic carbocycles. The van der Waals surface area contributed by atoms with Gasteiger partial charge < -0.3 is 35.8 Å². The van der Waals surface area contributed by atoms with E-state index in [9.17, 15) is 29.1 Å². The van der Waals surface area contributed by atoms with Crippen LogP contribution in [0.2, 0.25) is 0 Å². The van der Waals surface area contributed by atoms with Crippen LogP contribution < -0.4 is 16.4 Å². The van der Waals surface area contributed by atoms with Gasteiger partial charge in [0.05, 0.1) is 7.11 Å². The van der Waals surface area contributed by atoms with Crippen LogP contribution in [0.4, 0.5) is 4.79 Å². The Labute approximate surface area is 216 Å². The van der Waals surface area contributed by atoms with Gasteiger partial charge in [0.15, 0.2) is 0 Å². The van der Waals surface area contributed by atoms with E-state index in [-0.39, 0.29) is 18.6 Å². The Kier molecular flexibility index (Phi) is 11.4. The molecule has 0 saturated carbocycles. The Morgan fingerprint density at radius 2 is 1.76 bits per heavy atom. The highest BCUT2D eigenvalue weighted by molar-refractivity contribution is 5.93. The first-order valence-electron chi connectivity index (χ1n) is 11.8. The quantitative estimate of drug-likeness (QED) is 0.315. The maximum absolute atomic E-state index is 13.8. The molecule has 1 rings (SSSR count). The van der Waals surface area contributed by atoms with Gasteiger partial charge in [0.1, 0.15) is 30.0 Å². The minimum Gasteiger partial charge on any atom is -0.508 e. The van der Waals surface area contributed by atoms with Crippen molar-refractivity contribution in [2.24, 2.45) is 5.73 Å². The third kappa shape index (κ3) is 9.98. The monoisotopic (exact) mass is 522 g/mol. The number of carbonyl (C=O) groups excluding carboxylic acids is 5. The molecule has 0 aliphatic carbocycles. The maximum Gasteiger partial charge on any atom is 0.408 e. The molecule has 0 spiro atoms. The number of esters is 1. The van der Waals surface area contributed by atoms with Gasteiger partial charge in [-0.3, -0.25) is 19.2 Å². The van der Waals surface area contributed by atoms with E-state index in [1.165, 1.54) is 24.1 Å². The van der Waals surface area contributed by atoms with Crippen LogP contribution in [0, 0.1) is 6.92 Å². The Bertz CT molecular complexity index is 1000. The SMILES string of the molecule is COC(=O)CNC(=O)C(c1ccc(O)c(C)c1)N(C(=O)C(CCC(N)=O)NC(=O)OC(C)(C)C)C(C)C. The van der Waals surface area contributed by atoms with Crippen molar-refractivity contribution in [3.05, 3.63) is 29.3 Å². The van der Waals surface area contributed by atoms with Gasteiger partial charge in [-0.1, -0.05) is 6.07 Å². The first-order valence-corrected chi connectivity index (χ1v) is 11.8. The van der Waals surface area contributed by atoms with Crippen LogP contribution in [0.25, 0.3) is 0 Å². The molecule has 0 bridgehead atoms. The first-order chi connectivity index (χ1) is 17.1. The van der Waals surface area contributed by atoms with Crippen molar-refractivity contribution < 1.29 is 38.6 Å². The minimum atomic E-state index is -1.26. The number of phenolic OH excluding ortho intramolecular Hbond substituents is 1. The molecule has 1 aromatic rings. The molecule has 0 aromatic heterocycles. The molecule has 206 valence electrons. The topological polar surface area (TPSA) is 177 Å². The average Bonchev–Trinajstić information content (AvgIpc) is 2.78. The minimum absolute atomic E-state index is 0.00850.